The Morgan fingerprint density at radius 3 is 2.54 bits per heavy atom. The van der Waals surface area contributed by atoms with Gasteiger partial charge in [-0.25, -0.2) is 0 Å². The van der Waals surface area contributed by atoms with Gasteiger partial charge in [0.1, 0.15) is 0 Å². The van der Waals surface area contributed by atoms with E-state index in [4.69, 9.17) is 5.73 Å². The number of carbonyl (C=O) groups is 1. The molecule has 2 aliphatic rings. The summed E-state index contributed by atoms with van der Waals surface area (Å²) in [6, 6.07) is 0.275. The van der Waals surface area contributed by atoms with Crippen molar-refractivity contribution in [3.05, 3.63) is 0 Å². The van der Waals surface area contributed by atoms with E-state index in [1.807, 2.05) is 16.7 Å². The van der Waals surface area contributed by atoms with E-state index in [1.54, 1.807) is 0 Å². The zero-order valence-electron chi connectivity index (χ0n) is 7.74. The molecule has 4 heteroatoms. The predicted octanol–water partition coefficient (Wildman–Crippen LogP) is 0.442. The van der Waals surface area contributed by atoms with Gasteiger partial charge in [-0.05, 0) is 30.8 Å². The lowest BCUT2D eigenvalue weighted by atomic mass is 10.1. The average molecular weight is 200 g/mol. The molecule has 1 unspecified atom stereocenters. The third kappa shape index (κ3) is 1.83. The number of rotatable bonds is 1. The summed E-state index contributed by atoms with van der Waals surface area (Å²) < 4.78 is 0. The Morgan fingerprint density at radius 2 is 2.00 bits per heavy atom. The van der Waals surface area contributed by atoms with Crippen LogP contribution in [0.25, 0.3) is 0 Å². The van der Waals surface area contributed by atoms with Crippen LogP contribution in [0.15, 0.2) is 0 Å². The molecule has 13 heavy (non-hydrogen) atoms. The quantitative estimate of drug-likeness (QED) is 0.668. The van der Waals surface area contributed by atoms with Gasteiger partial charge in [-0.3, -0.25) is 4.79 Å². The van der Waals surface area contributed by atoms with Gasteiger partial charge in [0, 0.05) is 12.6 Å². The molecular formula is C9H16N2OS. The van der Waals surface area contributed by atoms with Crippen molar-refractivity contribution < 1.29 is 4.79 Å². The predicted molar refractivity (Wildman–Crippen MR) is 54.7 cm³/mol. The summed E-state index contributed by atoms with van der Waals surface area (Å²) in [4.78, 5) is 13.6. The molecule has 0 spiro atoms. The van der Waals surface area contributed by atoms with E-state index in [-0.39, 0.29) is 11.9 Å². The third-order valence-electron chi connectivity index (χ3n) is 2.91. The van der Waals surface area contributed by atoms with Crippen molar-refractivity contribution >= 4 is 17.7 Å². The van der Waals surface area contributed by atoms with Gasteiger partial charge in [0.15, 0.2) is 0 Å². The largest absolute Gasteiger partial charge is 0.338 e. The van der Waals surface area contributed by atoms with Crippen LogP contribution in [0.4, 0.5) is 0 Å². The van der Waals surface area contributed by atoms with Gasteiger partial charge in [-0.15, -0.1) is 0 Å². The Morgan fingerprint density at radius 1 is 1.31 bits per heavy atom. The monoisotopic (exact) mass is 200 g/mol. The van der Waals surface area contributed by atoms with Gasteiger partial charge in [0.2, 0.25) is 5.91 Å². The van der Waals surface area contributed by atoms with Crippen molar-refractivity contribution in [3.8, 4) is 0 Å². The van der Waals surface area contributed by atoms with Crippen molar-refractivity contribution in [2.45, 2.75) is 31.3 Å². The maximum absolute atomic E-state index is 11.6. The fourth-order valence-corrected chi connectivity index (χ4v) is 3.17. The van der Waals surface area contributed by atoms with E-state index < -0.39 is 0 Å². The lowest BCUT2D eigenvalue weighted by Gasteiger charge is -2.30. The summed E-state index contributed by atoms with van der Waals surface area (Å²) in [7, 11) is 0. The van der Waals surface area contributed by atoms with Crippen LogP contribution in [0.1, 0.15) is 19.3 Å². The highest BCUT2D eigenvalue weighted by molar-refractivity contribution is 7.99. The topological polar surface area (TPSA) is 46.3 Å². The fraction of sp³-hybridized carbons (Fsp3) is 0.889. The van der Waals surface area contributed by atoms with Gasteiger partial charge in [-0.2, -0.15) is 11.8 Å². The summed E-state index contributed by atoms with van der Waals surface area (Å²) >= 11 is 1.99. The molecule has 74 valence electrons. The molecule has 2 saturated heterocycles. The number of nitrogens with two attached hydrogens (primary N) is 1. The highest BCUT2D eigenvalue weighted by atomic mass is 32.2. The van der Waals surface area contributed by atoms with Gasteiger partial charge in [0.05, 0.1) is 6.04 Å². The van der Waals surface area contributed by atoms with Crippen LogP contribution >= 0.6 is 11.8 Å². The number of amides is 1. The Balaban J connectivity index is 1.96. The smallest absolute Gasteiger partial charge is 0.239 e. The van der Waals surface area contributed by atoms with E-state index in [0.29, 0.717) is 6.04 Å². The molecule has 0 aromatic carbocycles. The minimum atomic E-state index is -0.213. The second-order valence-electron chi connectivity index (χ2n) is 3.77. The van der Waals surface area contributed by atoms with Crippen LogP contribution in [0.5, 0.6) is 0 Å². The molecule has 2 N–H and O–H groups in total. The van der Waals surface area contributed by atoms with E-state index in [1.165, 1.54) is 11.5 Å². The first-order valence-corrected chi connectivity index (χ1v) is 6.08. The minimum Gasteiger partial charge on any atom is -0.338 e. The van der Waals surface area contributed by atoms with Gasteiger partial charge < -0.3 is 10.6 Å². The number of thioether (sulfide) groups is 1. The summed E-state index contributed by atoms with van der Waals surface area (Å²) in [6.07, 6.45) is 3.16. The maximum Gasteiger partial charge on any atom is 0.239 e. The van der Waals surface area contributed by atoms with Crippen LogP contribution in [-0.4, -0.2) is 40.9 Å². The highest BCUT2D eigenvalue weighted by Crippen LogP contribution is 2.24. The number of hydrogen-bond donors (Lipinski definition) is 1. The molecule has 1 amide bonds. The standard InChI is InChI=1S/C9H16N2OS/c10-8-1-4-11(9(8)12)7-2-5-13-6-3-7/h7-8H,1-6,10H2. The van der Waals surface area contributed by atoms with Gasteiger partial charge in [-0.1, -0.05) is 0 Å². The molecule has 3 nitrogen and oxygen atoms in total. The lowest BCUT2D eigenvalue weighted by molar-refractivity contribution is -0.130. The minimum absolute atomic E-state index is 0.178. The SMILES string of the molecule is NC1CCN(C2CCSCC2)C1=O. The Labute approximate surface area is 83.0 Å². The zero-order chi connectivity index (χ0) is 9.26. The molecule has 0 radical (unpaired) electrons. The van der Waals surface area contributed by atoms with Crippen LogP contribution < -0.4 is 5.73 Å². The first kappa shape index (κ1) is 9.34. The third-order valence-corrected chi connectivity index (χ3v) is 3.96. The molecular weight excluding hydrogens is 184 g/mol. The van der Waals surface area contributed by atoms with Crippen LogP contribution in [-0.2, 0) is 4.79 Å². The first-order valence-electron chi connectivity index (χ1n) is 4.93. The molecule has 0 aromatic rings. The molecule has 2 aliphatic heterocycles. The second kappa shape index (κ2) is 3.88. The molecule has 0 bridgehead atoms. The van der Waals surface area contributed by atoms with E-state index in [0.717, 1.165) is 25.8 Å². The number of carbonyl (C=O) groups excluding carboxylic acids is 1. The molecule has 0 saturated carbocycles. The van der Waals surface area contributed by atoms with Gasteiger partial charge >= 0.3 is 0 Å². The molecule has 2 heterocycles. The molecule has 2 rings (SSSR count). The summed E-state index contributed by atoms with van der Waals surface area (Å²) in [5, 5.41) is 0. The van der Waals surface area contributed by atoms with Crippen molar-refractivity contribution in [2.75, 3.05) is 18.1 Å². The van der Waals surface area contributed by atoms with Crippen molar-refractivity contribution in [1.82, 2.24) is 4.90 Å². The summed E-state index contributed by atoms with van der Waals surface area (Å²) in [5.41, 5.74) is 5.68. The molecule has 1 atom stereocenters. The molecule has 2 fully saturated rings. The number of hydrogen-bond acceptors (Lipinski definition) is 3. The average Bonchev–Trinajstić information content (AvgIpc) is 2.49. The van der Waals surface area contributed by atoms with E-state index in [2.05, 4.69) is 0 Å². The number of nitrogens with zero attached hydrogens (tertiary/aromatic N) is 1. The summed E-state index contributed by atoms with van der Waals surface area (Å²) in [6.45, 7) is 0.884. The molecule has 0 aliphatic carbocycles. The zero-order valence-corrected chi connectivity index (χ0v) is 8.55. The van der Waals surface area contributed by atoms with Crippen molar-refractivity contribution in [2.24, 2.45) is 5.73 Å². The van der Waals surface area contributed by atoms with Crippen LogP contribution in [0, 0.1) is 0 Å². The van der Waals surface area contributed by atoms with Crippen LogP contribution in [0.2, 0.25) is 0 Å². The highest BCUT2D eigenvalue weighted by Gasteiger charge is 2.33. The second-order valence-corrected chi connectivity index (χ2v) is 5.00. The lowest BCUT2D eigenvalue weighted by Crippen LogP contribution is -2.42. The van der Waals surface area contributed by atoms with E-state index in [9.17, 15) is 4.79 Å². The Kier molecular flexibility index (Phi) is 2.79. The van der Waals surface area contributed by atoms with E-state index >= 15 is 0 Å². The Hall–Kier alpha value is -0.220. The maximum atomic E-state index is 11.6. The Bertz CT molecular complexity index is 204. The summed E-state index contributed by atoms with van der Waals surface area (Å²) in [5.74, 6) is 2.57. The van der Waals surface area contributed by atoms with Crippen molar-refractivity contribution in [3.63, 3.8) is 0 Å². The van der Waals surface area contributed by atoms with Gasteiger partial charge in [0.25, 0.3) is 0 Å². The fourth-order valence-electron chi connectivity index (χ4n) is 2.08. The number of likely N-dealkylation sites (tertiary alicyclic amines) is 1. The molecule has 0 aromatic heterocycles. The van der Waals surface area contributed by atoms with Crippen LogP contribution in [0.3, 0.4) is 0 Å². The van der Waals surface area contributed by atoms with Crippen molar-refractivity contribution in [1.29, 1.82) is 0 Å². The normalized spacial score (nSPS) is 31.3. The first-order chi connectivity index (χ1) is 6.29.